The summed E-state index contributed by atoms with van der Waals surface area (Å²) < 4.78 is 0. The van der Waals surface area contributed by atoms with Crippen molar-refractivity contribution < 1.29 is 10.2 Å². The Hall–Kier alpha value is 1.18. The van der Waals surface area contributed by atoms with Gasteiger partial charge in [-0.1, -0.05) is 64.2 Å². The third-order valence-corrected chi connectivity index (χ3v) is 3.10. The SMILES string of the molecule is [Ca+2].[O-]C1CCCCC1.[O-]C1CCCCC1. The number of hydrogen-bond donors (Lipinski definition) is 0. The van der Waals surface area contributed by atoms with Crippen LogP contribution in [0.15, 0.2) is 0 Å². The minimum atomic E-state index is -0.214. The van der Waals surface area contributed by atoms with Gasteiger partial charge in [0.2, 0.25) is 0 Å². The fourth-order valence-electron chi connectivity index (χ4n) is 2.13. The second-order valence-electron chi connectivity index (χ2n) is 4.52. The minimum absolute atomic E-state index is 0. The Labute approximate surface area is 123 Å². The van der Waals surface area contributed by atoms with Gasteiger partial charge in [0, 0.05) is 0 Å². The summed E-state index contributed by atoms with van der Waals surface area (Å²) in [4.78, 5) is 0. The molecule has 0 amide bonds. The van der Waals surface area contributed by atoms with Gasteiger partial charge in [-0.2, -0.15) is 0 Å². The van der Waals surface area contributed by atoms with Crippen molar-refractivity contribution in [1.29, 1.82) is 0 Å². The van der Waals surface area contributed by atoms with E-state index in [0.717, 1.165) is 25.7 Å². The van der Waals surface area contributed by atoms with Crippen molar-refractivity contribution in [2.45, 2.75) is 76.4 Å². The van der Waals surface area contributed by atoms with E-state index in [2.05, 4.69) is 0 Å². The van der Waals surface area contributed by atoms with Crippen LogP contribution in [0.3, 0.4) is 0 Å². The third-order valence-electron chi connectivity index (χ3n) is 3.10. The van der Waals surface area contributed by atoms with Gasteiger partial charge in [0.25, 0.3) is 0 Å². The minimum Gasteiger partial charge on any atom is -0.852 e. The van der Waals surface area contributed by atoms with Gasteiger partial charge in [0.05, 0.1) is 0 Å². The molecule has 2 saturated carbocycles. The van der Waals surface area contributed by atoms with Gasteiger partial charge < -0.3 is 10.2 Å². The molecule has 0 atom stereocenters. The molecule has 2 rings (SSSR count). The molecule has 0 aromatic carbocycles. The molecule has 0 heterocycles. The van der Waals surface area contributed by atoms with Crippen LogP contribution in [0.1, 0.15) is 64.2 Å². The summed E-state index contributed by atoms with van der Waals surface area (Å²) in [6.07, 6.45) is 10.6. The molecule has 2 fully saturated rings. The Morgan fingerprint density at radius 3 is 0.933 bits per heavy atom. The summed E-state index contributed by atoms with van der Waals surface area (Å²) in [6.45, 7) is 0. The number of rotatable bonds is 0. The van der Waals surface area contributed by atoms with Crippen LogP contribution in [-0.2, 0) is 0 Å². The van der Waals surface area contributed by atoms with E-state index >= 15 is 0 Å². The average molecular weight is 238 g/mol. The molecule has 15 heavy (non-hydrogen) atoms. The second-order valence-corrected chi connectivity index (χ2v) is 4.52. The van der Waals surface area contributed by atoms with Gasteiger partial charge in [-0.25, -0.2) is 0 Å². The molecule has 3 heteroatoms. The Bertz CT molecular complexity index is 114. The normalized spacial score (nSPS) is 23.6. The quantitative estimate of drug-likeness (QED) is 0.591. The molecule has 2 nitrogen and oxygen atoms in total. The van der Waals surface area contributed by atoms with Crippen LogP contribution in [0.4, 0.5) is 0 Å². The molecule has 0 aromatic heterocycles. The zero-order valence-electron chi connectivity index (χ0n) is 9.75. The Morgan fingerprint density at radius 1 is 0.533 bits per heavy atom. The molecule has 2 aliphatic carbocycles. The van der Waals surface area contributed by atoms with Crippen LogP contribution < -0.4 is 10.2 Å². The predicted octanol–water partition coefficient (Wildman–Crippen LogP) is 0.978. The van der Waals surface area contributed by atoms with Crippen molar-refractivity contribution in [3.05, 3.63) is 0 Å². The van der Waals surface area contributed by atoms with E-state index < -0.39 is 0 Å². The topological polar surface area (TPSA) is 46.1 Å². The van der Waals surface area contributed by atoms with E-state index in [1.807, 2.05) is 0 Å². The molecule has 0 aromatic rings. The maximum atomic E-state index is 10.5. The number of hydrogen-bond acceptors (Lipinski definition) is 2. The molecule has 0 aliphatic heterocycles. The van der Waals surface area contributed by atoms with E-state index in [9.17, 15) is 10.2 Å². The molecule has 0 unspecified atom stereocenters. The summed E-state index contributed by atoms with van der Waals surface area (Å²) in [5.41, 5.74) is 0. The summed E-state index contributed by atoms with van der Waals surface area (Å²) >= 11 is 0. The van der Waals surface area contributed by atoms with Gasteiger partial charge >= 0.3 is 37.7 Å². The van der Waals surface area contributed by atoms with E-state index in [1.54, 1.807) is 0 Å². The van der Waals surface area contributed by atoms with Crippen molar-refractivity contribution in [3.63, 3.8) is 0 Å². The second kappa shape index (κ2) is 10.3. The fraction of sp³-hybridized carbons (Fsp3) is 1.00. The largest absolute Gasteiger partial charge is 2.00 e. The van der Waals surface area contributed by atoms with Crippen LogP contribution >= 0.6 is 0 Å². The molecule has 0 radical (unpaired) electrons. The first kappa shape index (κ1) is 16.2. The van der Waals surface area contributed by atoms with Crippen molar-refractivity contribution in [2.24, 2.45) is 0 Å². The van der Waals surface area contributed by atoms with Gasteiger partial charge in [0.15, 0.2) is 0 Å². The van der Waals surface area contributed by atoms with Gasteiger partial charge in [-0.15, -0.1) is 12.2 Å². The van der Waals surface area contributed by atoms with Crippen LogP contribution in [0, 0.1) is 0 Å². The van der Waals surface area contributed by atoms with Gasteiger partial charge in [0.1, 0.15) is 0 Å². The average Bonchev–Trinajstić information content (AvgIpc) is 2.21. The summed E-state index contributed by atoms with van der Waals surface area (Å²) in [5.74, 6) is 0. The van der Waals surface area contributed by atoms with Crippen molar-refractivity contribution in [2.75, 3.05) is 0 Å². The summed E-state index contributed by atoms with van der Waals surface area (Å²) in [5, 5.41) is 21.1. The van der Waals surface area contributed by atoms with Crippen LogP contribution in [0.25, 0.3) is 0 Å². The van der Waals surface area contributed by atoms with Crippen molar-refractivity contribution >= 4 is 37.7 Å². The Balaban J connectivity index is 0.000000245. The van der Waals surface area contributed by atoms with Crippen LogP contribution in [0.2, 0.25) is 0 Å². The molecule has 2 aliphatic rings. The first-order valence-electron chi connectivity index (χ1n) is 6.10. The summed E-state index contributed by atoms with van der Waals surface area (Å²) in [6, 6.07) is 0. The van der Waals surface area contributed by atoms with Crippen molar-refractivity contribution in [3.8, 4) is 0 Å². The monoisotopic (exact) mass is 238 g/mol. The summed E-state index contributed by atoms with van der Waals surface area (Å²) in [7, 11) is 0. The van der Waals surface area contributed by atoms with Gasteiger partial charge in [-0.05, 0) is 0 Å². The van der Waals surface area contributed by atoms with Crippen LogP contribution in [0.5, 0.6) is 0 Å². The first-order valence-corrected chi connectivity index (χ1v) is 6.10. The third kappa shape index (κ3) is 8.93. The van der Waals surface area contributed by atoms with Crippen LogP contribution in [-0.4, -0.2) is 49.9 Å². The zero-order valence-corrected chi connectivity index (χ0v) is 12.0. The fourth-order valence-corrected chi connectivity index (χ4v) is 2.13. The van der Waals surface area contributed by atoms with Crippen molar-refractivity contribution in [1.82, 2.24) is 0 Å². The molecule has 84 valence electrons. The zero-order chi connectivity index (χ0) is 10.2. The van der Waals surface area contributed by atoms with Gasteiger partial charge in [-0.3, -0.25) is 0 Å². The standard InChI is InChI=1S/2C6H11O.Ca/c2*7-6-4-2-1-3-5-6;/h2*6H,1-5H2;/q2*-1;+2. The van der Waals surface area contributed by atoms with E-state index in [0.29, 0.717) is 0 Å². The molecular weight excluding hydrogens is 216 g/mol. The predicted molar refractivity (Wildman–Crippen MR) is 59.5 cm³/mol. The van der Waals surface area contributed by atoms with E-state index in [-0.39, 0.29) is 49.9 Å². The molecule has 0 N–H and O–H groups in total. The smallest absolute Gasteiger partial charge is 0.852 e. The molecule has 0 saturated heterocycles. The molecule has 0 spiro atoms. The Morgan fingerprint density at radius 2 is 0.800 bits per heavy atom. The van der Waals surface area contributed by atoms with E-state index in [1.165, 1.54) is 38.5 Å². The molecular formula is C12H22CaO2. The Kier molecular flexibility index (Phi) is 11.2. The molecule has 0 bridgehead atoms. The van der Waals surface area contributed by atoms with E-state index in [4.69, 9.17) is 0 Å². The maximum Gasteiger partial charge on any atom is 2.00 e. The first-order chi connectivity index (χ1) is 6.79. The maximum absolute atomic E-state index is 10.5.